The van der Waals surface area contributed by atoms with Gasteiger partial charge in [0.1, 0.15) is 6.33 Å². The number of nitrogens with zero attached hydrogens (tertiary/aromatic N) is 3. The number of H-pyrrole nitrogens is 1. The van der Waals surface area contributed by atoms with Gasteiger partial charge >= 0.3 is 0 Å². The van der Waals surface area contributed by atoms with E-state index in [1.807, 2.05) is 4.90 Å². The van der Waals surface area contributed by atoms with Gasteiger partial charge in [0, 0.05) is 12.6 Å². The maximum Gasteiger partial charge on any atom is 0.291 e. The van der Waals surface area contributed by atoms with E-state index in [0.29, 0.717) is 17.8 Å². The molecule has 0 bridgehead atoms. The average Bonchev–Trinajstić information content (AvgIpc) is 2.93. The number of piperidine rings is 1. The molecule has 3 atom stereocenters. The van der Waals surface area contributed by atoms with Crippen molar-refractivity contribution >= 4 is 5.91 Å². The number of rotatable bonds is 1. The second-order valence-corrected chi connectivity index (χ2v) is 5.61. The average molecular weight is 248 g/mol. The number of aromatic nitrogens is 3. The summed E-state index contributed by atoms with van der Waals surface area (Å²) in [4.78, 5) is 18.4. The van der Waals surface area contributed by atoms with Crippen LogP contribution in [0.15, 0.2) is 6.33 Å². The third kappa shape index (κ3) is 1.91. The molecular weight excluding hydrogens is 228 g/mol. The number of amides is 1. The van der Waals surface area contributed by atoms with Gasteiger partial charge < -0.3 is 4.90 Å². The van der Waals surface area contributed by atoms with E-state index in [4.69, 9.17) is 0 Å². The molecule has 3 unspecified atom stereocenters. The van der Waals surface area contributed by atoms with E-state index in [0.717, 1.165) is 25.3 Å². The van der Waals surface area contributed by atoms with Crippen molar-refractivity contribution in [2.45, 2.75) is 45.1 Å². The highest BCUT2D eigenvalue weighted by Crippen LogP contribution is 2.39. The van der Waals surface area contributed by atoms with Gasteiger partial charge in [-0.15, -0.1) is 0 Å². The zero-order valence-corrected chi connectivity index (χ0v) is 10.8. The molecule has 18 heavy (non-hydrogen) atoms. The number of carbonyl (C=O) groups is 1. The Morgan fingerprint density at radius 1 is 1.39 bits per heavy atom. The van der Waals surface area contributed by atoms with Gasteiger partial charge in [-0.2, -0.15) is 5.10 Å². The van der Waals surface area contributed by atoms with E-state index in [9.17, 15) is 4.79 Å². The number of hydrogen-bond acceptors (Lipinski definition) is 3. The fourth-order valence-corrected chi connectivity index (χ4v) is 3.61. The molecule has 2 aliphatic rings. The number of hydrogen-bond donors (Lipinski definition) is 1. The first-order chi connectivity index (χ1) is 8.77. The predicted molar refractivity (Wildman–Crippen MR) is 66.9 cm³/mol. The van der Waals surface area contributed by atoms with Crippen LogP contribution in [0.2, 0.25) is 0 Å². The van der Waals surface area contributed by atoms with Crippen LogP contribution in [0.25, 0.3) is 0 Å². The smallest absolute Gasteiger partial charge is 0.291 e. The Hall–Kier alpha value is -1.39. The summed E-state index contributed by atoms with van der Waals surface area (Å²) in [5, 5.41) is 6.46. The van der Waals surface area contributed by atoms with Crippen molar-refractivity contribution in [1.82, 2.24) is 20.1 Å². The van der Waals surface area contributed by atoms with E-state index < -0.39 is 0 Å². The fourth-order valence-electron chi connectivity index (χ4n) is 3.61. The summed E-state index contributed by atoms with van der Waals surface area (Å²) in [5.74, 6) is 1.83. The fraction of sp³-hybridized carbons (Fsp3) is 0.769. The molecule has 1 amide bonds. The van der Waals surface area contributed by atoms with Gasteiger partial charge in [-0.25, -0.2) is 4.98 Å². The van der Waals surface area contributed by atoms with Crippen LogP contribution in [0.5, 0.6) is 0 Å². The van der Waals surface area contributed by atoms with Crippen molar-refractivity contribution in [3.05, 3.63) is 12.2 Å². The molecule has 1 aromatic rings. The van der Waals surface area contributed by atoms with Crippen LogP contribution in [0.1, 0.15) is 49.6 Å². The van der Waals surface area contributed by atoms with Gasteiger partial charge in [0.25, 0.3) is 5.91 Å². The summed E-state index contributed by atoms with van der Waals surface area (Å²) in [6, 6.07) is 0.417. The molecule has 3 rings (SSSR count). The molecule has 1 saturated carbocycles. The maximum absolute atomic E-state index is 12.4. The molecule has 1 N–H and O–H groups in total. The summed E-state index contributed by atoms with van der Waals surface area (Å²) in [6.07, 6.45) is 7.49. The monoisotopic (exact) mass is 248 g/mol. The minimum Gasteiger partial charge on any atom is -0.333 e. The molecule has 0 spiro atoms. The Bertz CT molecular complexity index is 417. The first-order valence-electron chi connectivity index (χ1n) is 6.93. The normalized spacial score (nSPS) is 32.1. The van der Waals surface area contributed by atoms with Gasteiger partial charge in [-0.1, -0.05) is 19.8 Å². The van der Waals surface area contributed by atoms with Crippen LogP contribution in [0.3, 0.4) is 0 Å². The van der Waals surface area contributed by atoms with Crippen molar-refractivity contribution in [3.63, 3.8) is 0 Å². The number of nitrogens with one attached hydrogen (secondary N) is 1. The van der Waals surface area contributed by atoms with Crippen molar-refractivity contribution in [2.75, 3.05) is 6.54 Å². The first kappa shape index (κ1) is 11.7. The summed E-state index contributed by atoms with van der Waals surface area (Å²) in [6.45, 7) is 3.20. The number of fused-ring (bicyclic) bond motifs is 1. The molecule has 1 aromatic heterocycles. The topological polar surface area (TPSA) is 61.9 Å². The van der Waals surface area contributed by atoms with E-state index in [1.54, 1.807) is 0 Å². The number of carbonyl (C=O) groups excluding carboxylic acids is 1. The third-order valence-corrected chi connectivity index (χ3v) is 4.62. The highest BCUT2D eigenvalue weighted by atomic mass is 16.2. The van der Waals surface area contributed by atoms with Crippen LogP contribution < -0.4 is 0 Å². The van der Waals surface area contributed by atoms with Crippen molar-refractivity contribution in [1.29, 1.82) is 0 Å². The first-order valence-corrected chi connectivity index (χ1v) is 6.93. The standard InChI is InChI=1S/C13H20N4O/c1-9-6-7-17(11-5-3-2-4-10(9)11)13(18)12-14-8-15-16-12/h8-11H,2-7H2,1H3,(H,14,15,16). The molecule has 5 nitrogen and oxygen atoms in total. The third-order valence-electron chi connectivity index (χ3n) is 4.62. The van der Waals surface area contributed by atoms with Crippen molar-refractivity contribution in [3.8, 4) is 0 Å². The summed E-state index contributed by atoms with van der Waals surface area (Å²) >= 11 is 0. The SMILES string of the molecule is CC1CCN(C(=O)c2ncn[nH]2)C2CCCCC12. The van der Waals surface area contributed by atoms with Crippen molar-refractivity contribution in [2.24, 2.45) is 11.8 Å². The molecule has 1 aliphatic carbocycles. The van der Waals surface area contributed by atoms with E-state index in [-0.39, 0.29) is 5.91 Å². The lowest BCUT2D eigenvalue weighted by atomic mass is 9.72. The molecule has 2 heterocycles. The van der Waals surface area contributed by atoms with Gasteiger partial charge in [-0.3, -0.25) is 9.89 Å². The Balaban J connectivity index is 1.81. The Kier molecular flexibility index (Phi) is 3.06. The molecule has 98 valence electrons. The lowest BCUT2D eigenvalue weighted by molar-refractivity contribution is 0.0208. The van der Waals surface area contributed by atoms with Crippen LogP contribution in [0, 0.1) is 11.8 Å². The highest BCUT2D eigenvalue weighted by Gasteiger charge is 2.40. The minimum atomic E-state index is 0.0244. The quantitative estimate of drug-likeness (QED) is 0.825. The second-order valence-electron chi connectivity index (χ2n) is 5.61. The molecule has 0 radical (unpaired) electrons. The molecule has 1 saturated heterocycles. The summed E-state index contributed by atoms with van der Waals surface area (Å²) < 4.78 is 0. The second kappa shape index (κ2) is 4.71. The molecule has 5 heteroatoms. The molecule has 0 aromatic carbocycles. The van der Waals surface area contributed by atoms with Gasteiger partial charge in [-0.05, 0) is 31.1 Å². The Morgan fingerprint density at radius 3 is 3.00 bits per heavy atom. The van der Waals surface area contributed by atoms with Gasteiger partial charge in [0.2, 0.25) is 5.82 Å². The van der Waals surface area contributed by atoms with E-state index in [1.165, 1.54) is 25.6 Å². The lowest BCUT2D eigenvalue weighted by Crippen LogP contribution is -2.52. The maximum atomic E-state index is 12.4. The molecular formula is C13H20N4O. The predicted octanol–water partition coefficient (Wildman–Crippen LogP) is 1.85. The largest absolute Gasteiger partial charge is 0.333 e. The Morgan fingerprint density at radius 2 is 2.22 bits per heavy atom. The zero-order chi connectivity index (χ0) is 12.5. The van der Waals surface area contributed by atoms with Gasteiger partial charge in [0.15, 0.2) is 0 Å². The molecule has 2 fully saturated rings. The number of likely N-dealkylation sites (tertiary alicyclic amines) is 1. The van der Waals surface area contributed by atoms with Crippen LogP contribution in [0.4, 0.5) is 0 Å². The van der Waals surface area contributed by atoms with Crippen LogP contribution in [-0.2, 0) is 0 Å². The zero-order valence-electron chi connectivity index (χ0n) is 10.8. The van der Waals surface area contributed by atoms with Gasteiger partial charge in [0.05, 0.1) is 0 Å². The highest BCUT2D eigenvalue weighted by molar-refractivity contribution is 5.90. The molecule has 1 aliphatic heterocycles. The van der Waals surface area contributed by atoms with E-state index in [2.05, 4.69) is 22.1 Å². The van der Waals surface area contributed by atoms with Crippen LogP contribution >= 0.6 is 0 Å². The number of aromatic amines is 1. The minimum absolute atomic E-state index is 0.0244. The van der Waals surface area contributed by atoms with E-state index >= 15 is 0 Å². The lowest BCUT2D eigenvalue weighted by Gasteiger charge is -2.47. The Labute approximate surface area is 107 Å². The van der Waals surface area contributed by atoms with Crippen molar-refractivity contribution < 1.29 is 4.79 Å². The summed E-state index contributed by atoms with van der Waals surface area (Å²) in [7, 11) is 0. The summed E-state index contributed by atoms with van der Waals surface area (Å²) in [5.41, 5.74) is 0. The van der Waals surface area contributed by atoms with Crippen LogP contribution in [-0.4, -0.2) is 38.6 Å².